The van der Waals surface area contributed by atoms with Crippen molar-refractivity contribution < 1.29 is 9.90 Å². The van der Waals surface area contributed by atoms with Gasteiger partial charge in [-0.1, -0.05) is 29.8 Å². The number of nitrogens with zero attached hydrogens (tertiary/aromatic N) is 6. The van der Waals surface area contributed by atoms with E-state index in [1.807, 2.05) is 42.8 Å². The van der Waals surface area contributed by atoms with Gasteiger partial charge in [0.05, 0.1) is 19.2 Å². The van der Waals surface area contributed by atoms with Gasteiger partial charge < -0.3 is 20.3 Å². The van der Waals surface area contributed by atoms with Crippen molar-refractivity contribution in [1.82, 2.24) is 35.0 Å². The number of hydrogen-bond donors (Lipinski definition) is 3. The standard InChI is InChI=1S/C23H24N8O2/c1-15-4-3-5-16(10-15)19(13-32)28-23(33)17-6-9-25-20(11-17)26-12-21-29-30-22(31(21)2)18-7-8-24-14-27-18/h3-11,14,19,32H,12-13H2,1-2H3,(H,25,26)(H,28,33)/t19-/m1/s1. The van der Waals surface area contributed by atoms with E-state index in [1.165, 1.54) is 6.33 Å². The SMILES string of the molecule is Cc1cccc([C@@H](CO)NC(=O)c2ccnc(NCc3nnc(-c4ccncn4)n3C)c2)c1. The molecule has 0 aliphatic rings. The Balaban J connectivity index is 1.43. The lowest BCUT2D eigenvalue weighted by atomic mass is 10.0. The van der Waals surface area contributed by atoms with E-state index >= 15 is 0 Å². The van der Waals surface area contributed by atoms with Crippen molar-refractivity contribution in [1.29, 1.82) is 0 Å². The first kappa shape index (κ1) is 22.0. The molecule has 4 aromatic rings. The molecule has 0 radical (unpaired) electrons. The van der Waals surface area contributed by atoms with Gasteiger partial charge in [0.2, 0.25) is 0 Å². The molecule has 4 rings (SSSR count). The van der Waals surface area contributed by atoms with Crippen molar-refractivity contribution >= 4 is 11.7 Å². The van der Waals surface area contributed by atoms with E-state index in [0.717, 1.165) is 11.1 Å². The number of nitrogens with one attached hydrogen (secondary N) is 2. The van der Waals surface area contributed by atoms with Crippen LogP contribution < -0.4 is 10.6 Å². The number of hydrogen-bond acceptors (Lipinski definition) is 8. The van der Waals surface area contributed by atoms with Gasteiger partial charge in [-0.15, -0.1) is 10.2 Å². The van der Waals surface area contributed by atoms with Gasteiger partial charge in [-0.3, -0.25) is 4.79 Å². The summed E-state index contributed by atoms with van der Waals surface area (Å²) in [5, 5.41) is 24.2. The summed E-state index contributed by atoms with van der Waals surface area (Å²) in [5.74, 6) is 1.53. The van der Waals surface area contributed by atoms with E-state index in [4.69, 9.17) is 0 Å². The van der Waals surface area contributed by atoms with Crippen LogP contribution in [0, 0.1) is 6.92 Å². The Labute approximate surface area is 190 Å². The Morgan fingerprint density at radius 1 is 1.12 bits per heavy atom. The molecule has 33 heavy (non-hydrogen) atoms. The van der Waals surface area contributed by atoms with E-state index in [2.05, 4.69) is 35.8 Å². The quantitative estimate of drug-likeness (QED) is 0.376. The van der Waals surface area contributed by atoms with Crippen LogP contribution in [0.2, 0.25) is 0 Å². The van der Waals surface area contributed by atoms with E-state index < -0.39 is 6.04 Å². The molecule has 3 N–H and O–H groups in total. The topological polar surface area (TPSA) is 131 Å². The number of aryl methyl sites for hydroxylation is 1. The number of amides is 1. The highest BCUT2D eigenvalue weighted by Gasteiger charge is 2.16. The highest BCUT2D eigenvalue weighted by Crippen LogP contribution is 2.17. The predicted octanol–water partition coefficient (Wildman–Crippen LogP) is 2.05. The van der Waals surface area contributed by atoms with Gasteiger partial charge in [0.1, 0.15) is 17.8 Å². The van der Waals surface area contributed by atoms with Gasteiger partial charge in [-0.05, 0) is 30.7 Å². The Kier molecular flexibility index (Phi) is 6.65. The smallest absolute Gasteiger partial charge is 0.252 e. The third-order valence-electron chi connectivity index (χ3n) is 5.16. The minimum atomic E-state index is -0.499. The van der Waals surface area contributed by atoms with Gasteiger partial charge in [-0.2, -0.15) is 0 Å². The number of pyridine rings is 1. The summed E-state index contributed by atoms with van der Waals surface area (Å²) < 4.78 is 1.83. The summed E-state index contributed by atoms with van der Waals surface area (Å²) in [7, 11) is 1.85. The molecule has 0 unspecified atom stereocenters. The van der Waals surface area contributed by atoms with Crippen molar-refractivity contribution in [2.75, 3.05) is 11.9 Å². The Bertz CT molecular complexity index is 1240. The Morgan fingerprint density at radius 2 is 2.00 bits per heavy atom. The van der Waals surface area contributed by atoms with Crippen LogP contribution in [0.25, 0.3) is 11.5 Å². The van der Waals surface area contributed by atoms with Crippen LogP contribution in [0.3, 0.4) is 0 Å². The minimum Gasteiger partial charge on any atom is -0.394 e. The summed E-state index contributed by atoms with van der Waals surface area (Å²) in [6.45, 7) is 2.12. The third kappa shape index (κ3) is 5.18. The molecule has 10 nitrogen and oxygen atoms in total. The number of anilines is 1. The first-order valence-electron chi connectivity index (χ1n) is 10.4. The molecule has 0 fully saturated rings. The number of aliphatic hydroxyl groups excluding tert-OH is 1. The molecule has 3 aromatic heterocycles. The second kappa shape index (κ2) is 9.96. The van der Waals surface area contributed by atoms with Gasteiger partial charge in [0.15, 0.2) is 11.6 Å². The average molecular weight is 444 g/mol. The van der Waals surface area contributed by atoms with Crippen molar-refractivity contribution in [3.05, 3.63) is 83.7 Å². The lowest BCUT2D eigenvalue weighted by Gasteiger charge is -2.17. The summed E-state index contributed by atoms with van der Waals surface area (Å²) in [6.07, 6.45) is 4.67. The number of aliphatic hydroxyl groups is 1. The maximum Gasteiger partial charge on any atom is 0.252 e. The Hall–Kier alpha value is -4.18. The van der Waals surface area contributed by atoms with Crippen molar-refractivity contribution in [3.63, 3.8) is 0 Å². The lowest BCUT2D eigenvalue weighted by molar-refractivity contribution is 0.0916. The molecule has 10 heteroatoms. The molecule has 0 spiro atoms. The van der Waals surface area contributed by atoms with Crippen LogP contribution in [-0.4, -0.2) is 47.3 Å². The maximum atomic E-state index is 12.8. The molecular weight excluding hydrogens is 420 g/mol. The van der Waals surface area contributed by atoms with Crippen LogP contribution in [0.5, 0.6) is 0 Å². The van der Waals surface area contributed by atoms with Crippen molar-refractivity contribution in [3.8, 4) is 11.5 Å². The first-order valence-corrected chi connectivity index (χ1v) is 10.4. The van der Waals surface area contributed by atoms with Crippen LogP contribution in [-0.2, 0) is 13.6 Å². The predicted molar refractivity (Wildman–Crippen MR) is 122 cm³/mol. The highest BCUT2D eigenvalue weighted by molar-refractivity contribution is 5.95. The monoisotopic (exact) mass is 444 g/mol. The zero-order chi connectivity index (χ0) is 23.2. The second-order valence-corrected chi connectivity index (χ2v) is 7.50. The van der Waals surface area contributed by atoms with Crippen LogP contribution in [0.1, 0.15) is 33.4 Å². The molecule has 3 heterocycles. The van der Waals surface area contributed by atoms with Gasteiger partial charge in [0, 0.05) is 25.0 Å². The van der Waals surface area contributed by atoms with Crippen LogP contribution in [0.4, 0.5) is 5.82 Å². The number of carbonyl (C=O) groups is 1. The fraction of sp³-hybridized carbons (Fsp3) is 0.217. The van der Waals surface area contributed by atoms with Crippen LogP contribution >= 0.6 is 0 Å². The largest absolute Gasteiger partial charge is 0.394 e. The summed E-state index contributed by atoms with van der Waals surface area (Å²) >= 11 is 0. The molecule has 0 bridgehead atoms. The molecule has 168 valence electrons. The highest BCUT2D eigenvalue weighted by atomic mass is 16.3. The molecule has 1 aromatic carbocycles. The summed E-state index contributed by atoms with van der Waals surface area (Å²) in [4.78, 5) is 25.2. The van der Waals surface area contributed by atoms with E-state index in [0.29, 0.717) is 35.3 Å². The number of benzene rings is 1. The molecule has 0 aliphatic heterocycles. The van der Waals surface area contributed by atoms with Gasteiger partial charge >= 0.3 is 0 Å². The zero-order valence-corrected chi connectivity index (χ0v) is 18.3. The fourth-order valence-corrected chi connectivity index (χ4v) is 3.36. The maximum absolute atomic E-state index is 12.8. The molecule has 0 saturated heterocycles. The van der Waals surface area contributed by atoms with E-state index in [9.17, 15) is 9.90 Å². The minimum absolute atomic E-state index is 0.202. The number of aromatic nitrogens is 6. The Morgan fingerprint density at radius 3 is 2.76 bits per heavy atom. The number of carbonyl (C=O) groups excluding carboxylic acids is 1. The fourth-order valence-electron chi connectivity index (χ4n) is 3.36. The van der Waals surface area contributed by atoms with Gasteiger partial charge in [-0.25, -0.2) is 15.0 Å². The molecule has 1 amide bonds. The van der Waals surface area contributed by atoms with Crippen LogP contribution in [0.15, 0.2) is 61.2 Å². The van der Waals surface area contributed by atoms with Crippen molar-refractivity contribution in [2.24, 2.45) is 7.05 Å². The lowest BCUT2D eigenvalue weighted by Crippen LogP contribution is -2.30. The number of rotatable bonds is 8. The second-order valence-electron chi connectivity index (χ2n) is 7.50. The third-order valence-corrected chi connectivity index (χ3v) is 5.16. The summed E-state index contributed by atoms with van der Waals surface area (Å²) in [6, 6.07) is 12.2. The van der Waals surface area contributed by atoms with E-state index in [-0.39, 0.29) is 12.5 Å². The average Bonchev–Trinajstić information content (AvgIpc) is 3.22. The first-order chi connectivity index (χ1) is 16.0. The normalized spacial score (nSPS) is 11.7. The van der Waals surface area contributed by atoms with Crippen molar-refractivity contribution in [2.45, 2.75) is 19.5 Å². The molecule has 0 aliphatic carbocycles. The molecule has 1 atom stereocenters. The molecular formula is C23H24N8O2. The zero-order valence-electron chi connectivity index (χ0n) is 18.3. The summed E-state index contributed by atoms with van der Waals surface area (Å²) in [5.41, 5.74) is 3.01. The van der Waals surface area contributed by atoms with E-state index in [1.54, 1.807) is 30.6 Å². The molecule has 0 saturated carbocycles. The van der Waals surface area contributed by atoms with Gasteiger partial charge in [0.25, 0.3) is 5.91 Å².